The lowest BCUT2D eigenvalue weighted by molar-refractivity contribution is 0.0535. The van der Waals surface area contributed by atoms with Gasteiger partial charge in [0.25, 0.3) is 0 Å². The highest BCUT2D eigenvalue weighted by Gasteiger charge is 2.09. The number of hydrogen-bond acceptors (Lipinski definition) is 1. The largest absolute Gasteiger partial charge is 0.381 e. The Morgan fingerprint density at radius 2 is 2.00 bits per heavy atom. The Hall–Kier alpha value is -0.180. The molecule has 1 aliphatic rings. The molecule has 0 radical (unpaired) electrons. The topological polar surface area (TPSA) is 9.23 Å². The summed E-state index contributed by atoms with van der Waals surface area (Å²) in [6.07, 6.45) is 3.95. The summed E-state index contributed by atoms with van der Waals surface area (Å²) in [7, 11) is 0. The van der Waals surface area contributed by atoms with Crippen molar-refractivity contribution in [1.82, 2.24) is 0 Å². The van der Waals surface area contributed by atoms with Crippen LogP contribution in [0.1, 0.15) is 33.1 Å². The molecule has 76 valence electrons. The molecule has 0 N–H and O–H groups in total. The van der Waals surface area contributed by atoms with E-state index < -0.39 is 0 Å². The van der Waals surface area contributed by atoms with Gasteiger partial charge < -0.3 is 4.74 Å². The predicted octanol–water partition coefficient (Wildman–Crippen LogP) is 2.95. The zero-order valence-electron chi connectivity index (χ0n) is 8.01. The van der Waals surface area contributed by atoms with Crippen LogP contribution in [0.5, 0.6) is 0 Å². The van der Waals surface area contributed by atoms with Crippen molar-refractivity contribution in [3.05, 3.63) is 0 Å². The van der Waals surface area contributed by atoms with Gasteiger partial charge in [-0.05, 0) is 25.7 Å². The molecule has 0 bridgehead atoms. The summed E-state index contributed by atoms with van der Waals surface area (Å²) in [4.78, 5) is 0. The monoisotopic (exact) mass is 182 g/mol. The lowest BCUT2D eigenvalue weighted by Gasteiger charge is -2.19. The molecule has 0 aromatic carbocycles. The van der Waals surface area contributed by atoms with Crippen molar-refractivity contribution >= 4 is 0 Å². The van der Waals surface area contributed by atoms with Crippen molar-refractivity contribution in [2.75, 3.05) is 19.9 Å². The highest BCUT2D eigenvalue weighted by Crippen LogP contribution is 2.15. The van der Waals surface area contributed by atoms with Gasteiger partial charge >= 0.3 is 0 Å². The van der Waals surface area contributed by atoms with Gasteiger partial charge in [-0.25, -0.2) is 0 Å². The van der Waals surface area contributed by atoms with Crippen LogP contribution in [0.3, 0.4) is 0 Å². The molecule has 1 aliphatic heterocycles. The minimum Gasteiger partial charge on any atom is -0.381 e. The molecule has 1 fully saturated rings. The first-order valence-electron chi connectivity index (χ1n) is 4.48. The maximum Gasteiger partial charge on any atom is 0.0866 e. The summed E-state index contributed by atoms with van der Waals surface area (Å²) in [6, 6.07) is 0. The van der Waals surface area contributed by atoms with Crippen LogP contribution >= 0.6 is 0 Å². The van der Waals surface area contributed by atoms with Crippen LogP contribution in [0.15, 0.2) is 0 Å². The summed E-state index contributed by atoms with van der Waals surface area (Å²) < 4.78 is 15.6. The Morgan fingerprint density at radius 3 is 2.25 bits per heavy atom. The van der Waals surface area contributed by atoms with E-state index in [0.29, 0.717) is 0 Å². The number of ether oxygens (including phenoxy) is 1. The number of rotatable bonds is 1. The van der Waals surface area contributed by atoms with E-state index in [2.05, 4.69) is 6.92 Å². The van der Waals surface area contributed by atoms with Gasteiger partial charge in [-0.1, -0.05) is 13.3 Å². The van der Waals surface area contributed by atoms with Crippen molar-refractivity contribution in [2.45, 2.75) is 33.1 Å². The molecule has 1 rings (SSSR count). The van der Waals surface area contributed by atoms with Gasteiger partial charge in [-0.3, -0.25) is 9.09 Å². The van der Waals surface area contributed by atoms with E-state index in [0.717, 1.165) is 19.1 Å². The minimum absolute atomic E-state index is 0. The minimum atomic E-state index is -0.250. The van der Waals surface area contributed by atoms with Crippen molar-refractivity contribution in [3.63, 3.8) is 0 Å². The summed E-state index contributed by atoms with van der Waals surface area (Å²) in [5.74, 6) is 0.865. The Labute approximate surface area is 73.7 Å². The van der Waals surface area contributed by atoms with Gasteiger partial charge in [0.1, 0.15) is 0 Å². The first kappa shape index (κ1) is 14.3. The van der Waals surface area contributed by atoms with Gasteiger partial charge in [-0.15, -0.1) is 0 Å². The fourth-order valence-corrected chi connectivity index (χ4v) is 1.13. The molecule has 12 heavy (non-hydrogen) atoms. The van der Waals surface area contributed by atoms with E-state index in [1.807, 2.05) is 0 Å². The summed E-state index contributed by atoms with van der Waals surface area (Å²) in [6.45, 7) is 5.45. The molecule has 0 amide bonds. The van der Waals surface area contributed by atoms with E-state index in [9.17, 15) is 4.39 Å². The Balaban J connectivity index is 0. The first-order chi connectivity index (χ1) is 5.35. The van der Waals surface area contributed by atoms with Crippen LogP contribution in [-0.2, 0) is 4.74 Å². The molecule has 0 aromatic rings. The second-order valence-corrected chi connectivity index (χ2v) is 2.76. The third-order valence-electron chi connectivity index (χ3n) is 1.83. The number of alkyl halides is 1. The SMILES string of the molecule is CCC1CCCOC1.CCF.F. The Morgan fingerprint density at radius 1 is 1.42 bits per heavy atom. The molecule has 1 unspecified atom stereocenters. The van der Waals surface area contributed by atoms with Crippen molar-refractivity contribution in [1.29, 1.82) is 0 Å². The average molecular weight is 182 g/mol. The van der Waals surface area contributed by atoms with E-state index >= 15 is 0 Å². The van der Waals surface area contributed by atoms with Crippen LogP contribution in [0.4, 0.5) is 9.09 Å². The third-order valence-corrected chi connectivity index (χ3v) is 1.83. The summed E-state index contributed by atoms with van der Waals surface area (Å²) >= 11 is 0. The van der Waals surface area contributed by atoms with Gasteiger partial charge in [0.15, 0.2) is 0 Å². The quantitative estimate of drug-likeness (QED) is 0.605. The molecular formula is C9H20F2O. The smallest absolute Gasteiger partial charge is 0.0866 e. The average Bonchev–Trinajstić information content (AvgIpc) is 2.08. The van der Waals surface area contributed by atoms with Crippen molar-refractivity contribution in [2.24, 2.45) is 5.92 Å². The molecule has 0 aromatic heterocycles. The van der Waals surface area contributed by atoms with Crippen LogP contribution in [0, 0.1) is 5.92 Å². The van der Waals surface area contributed by atoms with Crippen molar-refractivity contribution in [3.8, 4) is 0 Å². The highest BCUT2D eigenvalue weighted by atomic mass is 19.1. The zero-order chi connectivity index (χ0) is 8.53. The predicted molar refractivity (Wildman–Crippen MR) is 48.0 cm³/mol. The van der Waals surface area contributed by atoms with Gasteiger partial charge in [-0.2, -0.15) is 0 Å². The van der Waals surface area contributed by atoms with E-state index in [1.165, 1.54) is 26.2 Å². The highest BCUT2D eigenvalue weighted by molar-refractivity contribution is 4.59. The van der Waals surface area contributed by atoms with Gasteiger partial charge in [0.05, 0.1) is 6.67 Å². The lowest BCUT2D eigenvalue weighted by atomic mass is 10.0. The number of halogens is 2. The molecule has 3 heteroatoms. The molecule has 1 atom stereocenters. The summed E-state index contributed by atoms with van der Waals surface area (Å²) in [5, 5.41) is 0. The standard InChI is InChI=1S/C7H14O.C2H5F.FH/c1-2-7-4-3-5-8-6-7;1-2-3;/h7H,2-6H2,1H3;2H2,1H3;1H. The second-order valence-electron chi connectivity index (χ2n) is 2.76. The summed E-state index contributed by atoms with van der Waals surface area (Å²) in [5.41, 5.74) is 0. The van der Waals surface area contributed by atoms with E-state index in [4.69, 9.17) is 4.74 Å². The molecule has 1 heterocycles. The zero-order valence-corrected chi connectivity index (χ0v) is 8.01. The Bertz CT molecular complexity index is 72.9. The molecular weight excluding hydrogens is 162 g/mol. The van der Waals surface area contributed by atoms with Crippen LogP contribution in [-0.4, -0.2) is 19.9 Å². The second kappa shape index (κ2) is 10.8. The number of hydrogen-bond donors (Lipinski definition) is 0. The molecule has 1 nitrogen and oxygen atoms in total. The molecule has 1 saturated heterocycles. The third kappa shape index (κ3) is 7.92. The molecule has 0 aliphatic carbocycles. The lowest BCUT2D eigenvalue weighted by Crippen LogP contribution is -2.15. The van der Waals surface area contributed by atoms with Gasteiger partial charge in [0.2, 0.25) is 0 Å². The maximum absolute atomic E-state index is 10.3. The fourth-order valence-electron chi connectivity index (χ4n) is 1.13. The fraction of sp³-hybridized carbons (Fsp3) is 1.00. The van der Waals surface area contributed by atoms with Gasteiger partial charge in [0, 0.05) is 13.2 Å². The van der Waals surface area contributed by atoms with Crippen molar-refractivity contribution < 1.29 is 13.8 Å². The van der Waals surface area contributed by atoms with E-state index in [1.54, 1.807) is 0 Å². The molecule has 0 spiro atoms. The van der Waals surface area contributed by atoms with Crippen LogP contribution < -0.4 is 0 Å². The first-order valence-corrected chi connectivity index (χ1v) is 4.48. The Kier molecular flexibility index (Phi) is 12.9. The van der Waals surface area contributed by atoms with E-state index in [-0.39, 0.29) is 11.4 Å². The normalized spacial score (nSPS) is 21.8. The molecule has 0 saturated carbocycles. The maximum atomic E-state index is 10.3. The van der Waals surface area contributed by atoms with Crippen LogP contribution in [0.25, 0.3) is 0 Å². The van der Waals surface area contributed by atoms with Crippen LogP contribution in [0.2, 0.25) is 0 Å².